The number of hydrogen-bond donors (Lipinski definition) is 1. The van der Waals surface area contributed by atoms with Crippen molar-refractivity contribution in [2.45, 2.75) is 25.5 Å². The molecule has 0 saturated carbocycles. The van der Waals surface area contributed by atoms with Gasteiger partial charge >= 0.3 is 0 Å². The molecule has 1 saturated heterocycles. The highest BCUT2D eigenvalue weighted by Crippen LogP contribution is 2.21. The minimum Gasteiger partial charge on any atom is -0.376 e. The Balaban J connectivity index is 1.96. The zero-order valence-corrected chi connectivity index (χ0v) is 10.6. The van der Waals surface area contributed by atoms with Crippen LogP contribution in [0.4, 0.5) is 0 Å². The molecule has 4 nitrogen and oxygen atoms in total. The van der Waals surface area contributed by atoms with Gasteiger partial charge in [0.05, 0.1) is 24.3 Å². The molecule has 6 heteroatoms. The number of hydrogen-bond acceptors (Lipinski definition) is 4. The second-order valence-electron chi connectivity index (χ2n) is 3.52. The van der Waals surface area contributed by atoms with E-state index in [0.717, 1.165) is 10.2 Å². The summed E-state index contributed by atoms with van der Waals surface area (Å²) in [5, 5.41) is 2.90. The van der Waals surface area contributed by atoms with E-state index in [-0.39, 0.29) is 18.1 Å². The maximum atomic E-state index is 11.7. The van der Waals surface area contributed by atoms with Crippen LogP contribution in [0.1, 0.15) is 23.8 Å². The van der Waals surface area contributed by atoms with Crippen molar-refractivity contribution in [3.8, 4) is 0 Å². The fraction of sp³-hybridized carbons (Fsp3) is 0.556. The number of aromatic nitrogens is 1. The lowest BCUT2D eigenvalue weighted by Crippen LogP contribution is -2.35. The van der Waals surface area contributed by atoms with Crippen LogP contribution < -0.4 is 5.32 Å². The predicted octanol–water partition coefficient (Wildman–Crippen LogP) is 1.81. The zero-order valence-electron chi connectivity index (χ0n) is 8.20. The van der Waals surface area contributed by atoms with Crippen LogP contribution in [0, 0.1) is 0 Å². The molecule has 0 radical (unpaired) electrons. The monoisotopic (exact) mass is 290 g/mol. The molecule has 0 spiro atoms. The highest BCUT2D eigenvalue weighted by molar-refractivity contribution is 9.11. The lowest BCUT2D eigenvalue weighted by molar-refractivity contribution is 0.0914. The fourth-order valence-electron chi connectivity index (χ4n) is 1.55. The van der Waals surface area contributed by atoms with Gasteiger partial charge in [0.25, 0.3) is 5.91 Å². The third-order valence-electron chi connectivity index (χ3n) is 2.27. The van der Waals surface area contributed by atoms with Crippen LogP contribution in [0.15, 0.2) is 9.30 Å². The van der Waals surface area contributed by atoms with Crippen LogP contribution in [0.2, 0.25) is 0 Å². The van der Waals surface area contributed by atoms with Crippen LogP contribution in [-0.4, -0.2) is 29.6 Å². The predicted molar refractivity (Wildman–Crippen MR) is 61.1 cm³/mol. The normalized spacial score (nSPS) is 25.5. The largest absolute Gasteiger partial charge is 0.376 e. The average molecular weight is 291 g/mol. The number of rotatable bonds is 2. The van der Waals surface area contributed by atoms with Crippen molar-refractivity contribution >= 4 is 33.2 Å². The van der Waals surface area contributed by atoms with Crippen molar-refractivity contribution in [1.82, 2.24) is 10.3 Å². The summed E-state index contributed by atoms with van der Waals surface area (Å²) in [5.41, 5.74) is 2.10. The van der Waals surface area contributed by atoms with Gasteiger partial charge in [-0.1, -0.05) is 0 Å². The van der Waals surface area contributed by atoms with Gasteiger partial charge in [-0.15, -0.1) is 11.3 Å². The number of nitrogens with one attached hydrogen (secondary N) is 1. The van der Waals surface area contributed by atoms with Crippen LogP contribution in [-0.2, 0) is 4.74 Å². The Morgan fingerprint density at radius 1 is 1.80 bits per heavy atom. The Labute approximate surface area is 100 Å². The van der Waals surface area contributed by atoms with Crippen molar-refractivity contribution in [2.75, 3.05) is 6.61 Å². The molecule has 2 unspecified atom stereocenters. The number of thiazole rings is 1. The molecule has 2 atom stereocenters. The Morgan fingerprint density at radius 2 is 2.60 bits per heavy atom. The van der Waals surface area contributed by atoms with Crippen molar-refractivity contribution in [1.29, 1.82) is 0 Å². The first-order valence-electron chi connectivity index (χ1n) is 4.68. The maximum Gasteiger partial charge on any atom is 0.272 e. The van der Waals surface area contributed by atoms with E-state index >= 15 is 0 Å². The quantitative estimate of drug-likeness (QED) is 0.904. The summed E-state index contributed by atoms with van der Waals surface area (Å²) < 4.78 is 6.14. The topological polar surface area (TPSA) is 51.2 Å². The van der Waals surface area contributed by atoms with Crippen molar-refractivity contribution in [3.63, 3.8) is 0 Å². The second-order valence-corrected chi connectivity index (χ2v) is 5.70. The molecule has 1 amide bonds. The Bertz CT molecular complexity index is 369. The van der Waals surface area contributed by atoms with Gasteiger partial charge < -0.3 is 10.1 Å². The van der Waals surface area contributed by atoms with Gasteiger partial charge in [0.2, 0.25) is 0 Å². The third-order valence-corrected chi connectivity index (χ3v) is 3.82. The van der Waals surface area contributed by atoms with E-state index in [2.05, 4.69) is 26.2 Å². The first kappa shape index (κ1) is 11.0. The Morgan fingerprint density at radius 3 is 3.13 bits per heavy atom. The van der Waals surface area contributed by atoms with Crippen molar-refractivity contribution in [2.24, 2.45) is 0 Å². The SMILES string of the molecule is CC1CC(NC(=O)c2ncsc2Br)CO1. The fourth-order valence-corrected chi connectivity index (χ4v) is 2.59. The minimum atomic E-state index is -0.133. The highest BCUT2D eigenvalue weighted by Gasteiger charge is 2.25. The van der Waals surface area contributed by atoms with E-state index in [4.69, 9.17) is 4.74 Å². The molecule has 1 aromatic rings. The number of nitrogens with zero attached hydrogens (tertiary/aromatic N) is 1. The summed E-state index contributed by atoms with van der Waals surface area (Å²) in [5.74, 6) is -0.133. The minimum absolute atomic E-state index is 0.112. The first-order chi connectivity index (χ1) is 7.16. The summed E-state index contributed by atoms with van der Waals surface area (Å²) >= 11 is 4.70. The van der Waals surface area contributed by atoms with Crippen LogP contribution in [0.25, 0.3) is 0 Å². The molecule has 82 valence electrons. The van der Waals surface area contributed by atoms with Crippen LogP contribution >= 0.6 is 27.3 Å². The summed E-state index contributed by atoms with van der Waals surface area (Å²) in [7, 11) is 0. The molecular weight excluding hydrogens is 280 g/mol. The average Bonchev–Trinajstić information content (AvgIpc) is 2.75. The molecule has 0 aromatic carbocycles. The summed E-state index contributed by atoms with van der Waals surface area (Å²) in [4.78, 5) is 15.7. The van der Waals surface area contributed by atoms with Gasteiger partial charge in [-0.05, 0) is 29.3 Å². The number of ether oxygens (including phenoxy) is 1. The summed E-state index contributed by atoms with van der Waals surface area (Å²) in [6.07, 6.45) is 1.10. The maximum absolute atomic E-state index is 11.7. The van der Waals surface area contributed by atoms with Crippen LogP contribution in [0.5, 0.6) is 0 Å². The van der Waals surface area contributed by atoms with Crippen molar-refractivity contribution < 1.29 is 9.53 Å². The van der Waals surface area contributed by atoms with E-state index in [9.17, 15) is 4.79 Å². The van der Waals surface area contributed by atoms with E-state index < -0.39 is 0 Å². The molecule has 0 bridgehead atoms. The molecule has 0 aliphatic carbocycles. The smallest absolute Gasteiger partial charge is 0.272 e. The number of amides is 1. The zero-order chi connectivity index (χ0) is 10.8. The molecule has 15 heavy (non-hydrogen) atoms. The second kappa shape index (κ2) is 4.59. The molecule has 1 N–H and O–H groups in total. The molecule has 1 aliphatic heterocycles. The van der Waals surface area contributed by atoms with E-state index in [1.54, 1.807) is 5.51 Å². The number of carbonyl (C=O) groups excluding carboxylic acids is 1. The van der Waals surface area contributed by atoms with Crippen molar-refractivity contribution in [3.05, 3.63) is 15.0 Å². The third kappa shape index (κ3) is 2.56. The lowest BCUT2D eigenvalue weighted by atomic mass is 10.2. The van der Waals surface area contributed by atoms with E-state index in [0.29, 0.717) is 12.3 Å². The lowest BCUT2D eigenvalue weighted by Gasteiger charge is -2.09. The molecular formula is C9H11BrN2O2S. The molecule has 2 rings (SSSR count). The molecule has 1 aliphatic rings. The molecule has 1 fully saturated rings. The Hall–Kier alpha value is -0.460. The molecule has 1 aromatic heterocycles. The standard InChI is InChI=1S/C9H11BrN2O2S/c1-5-2-6(3-14-5)12-9(13)7-8(10)15-4-11-7/h4-6H,2-3H2,1H3,(H,12,13). The first-order valence-corrected chi connectivity index (χ1v) is 6.35. The van der Waals surface area contributed by atoms with Gasteiger partial charge in [-0.3, -0.25) is 4.79 Å². The van der Waals surface area contributed by atoms with Gasteiger partial charge in [-0.25, -0.2) is 4.98 Å². The summed E-state index contributed by atoms with van der Waals surface area (Å²) in [6, 6.07) is 0.112. The summed E-state index contributed by atoms with van der Waals surface area (Å²) in [6.45, 7) is 2.60. The Kier molecular flexibility index (Phi) is 3.38. The van der Waals surface area contributed by atoms with E-state index in [1.165, 1.54) is 11.3 Å². The highest BCUT2D eigenvalue weighted by atomic mass is 79.9. The molecule has 2 heterocycles. The van der Waals surface area contributed by atoms with Gasteiger partial charge in [0, 0.05) is 0 Å². The van der Waals surface area contributed by atoms with Gasteiger partial charge in [-0.2, -0.15) is 0 Å². The number of carbonyl (C=O) groups is 1. The van der Waals surface area contributed by atoms with Gasteiger partial charge in [0.1, 0.15) is 3.79 Å². The van der Waals surface area contributed by atoms with Crippen LogP contribution in [0.3, 0.4) is 0 Å². The number of halogens is 1. The van der Waals surface area contributed by atoms with Gasteiger partial charge in [0.15, 0.2) is 5.69 Å². The van der Waals surface area contributed by atoms with E-state index in [1.807, 2.05) is 6.92 Å².